The highest BCUT2D eigenvalue weighted by molar-refractivity contribution is 7.93. The average Bonchev–Trinajstić information content (AvgIpc) is 3.21. The van der Waals surface area contributed by atoms with Gasteiger partial charge in [0, 0.05) is 25.3 Å². The van der Waals surface area contributed by atoms with Crippen molar-refractivity contribution in [2.75, 3.05) is 35.0 Å². The van der Waals surface area contributed by atoms with Gasteiger partial charge >= 0.3 is 6.18 Å². The molecule has 4 aromatic rings. The molecule has 2 aromatic heterocycles. The van der Waals surface area contributed by atoms with Gasteiger partial charge in [-0.05, 0) is 48.8 Å². The topological polar surface area (TPSA) is 129 Å². The van der Waals surface area contributed by atoms with Crippen LogP contribution in [0.15, 0.2) is 54.7 Å². The summed E-state index contributed by atoms with van der Waals surface area (Å²) in [7, 11) is -3.83. The molecule has 1 amide bonds. The first-order valence-corrected chi connectivity index (χ1v) is 14.5. The highest BCUT2D eigenvalue weighted by atomic mass is 32.2. The van der Waals surface area contributed by atoms with Crippen molar-refractivity contribution in [3.8, 4) is 0 Å². The molecule has 1 aliphatic rings. The van der Waals surface area contributed by atoms with E-state index in [0.29, 0.717) is 33.3 Å². The van der Waals surface area contributed by atoms with Gasteiger partial charge in [0.05, 0.1) is 40.6 Å². The molecule has 0 unspecified atom stereocenters. The van der Waals surface area contributed by atoms with Gasteiger partial charge in [-0.15, -0.1) is 0 Å². The van der Waals surface area contributed by atoms with Crippen LogP contribution in [0.25, 0.3) is 11.0 Å². The molecule has 0 bridgehead atoms. The van der Waals surface area contributed by atoms with Crippen LogP contribution in [-0.4, -0.2) is 64.6 Å². The molecular formula is C25H24F3N7O3S2. The van der Waals surface area contributed by atoms with Crippen molar-refractivity contribution in [3.05, 3.63) is 66.0 Å². The Kier molecular flexibility index (Phi) is 7.61. The molecule has 0 aliphatic carbocycles. The second kappa shape index (κ2) is 11.0. The number of hydrogen-bond donors (Lipinski definition) is 3. The summed E-state index contributed by atoms with van der Waals surface area (Å²) in [6, 6.07) is 13.6. The number of halogens is 3. The third-order valence-electron chi connectivity index (χ3n) is 6.23. The normalized spacial score (nSPS) is 14.6. The molecule has 2 aromatic carbocycles. The Bertz CT molecular complexity index is 1650. The van der Waals surface area contributed by atoms with Crippen molar-refractivity contribution in [2.24, 2.45) is 0 Å². The first kappa shape index (κ1) is 27.7. The fourth-order valence-electron chi connectivity index (χ4n) is 4.14. The SMILES string of the molecule is Cc1nsc(Nc2cnc3ccccc3n2)c1C(=O)Nc1cccc(NS(=O)(=O)C2CN(CCC(F)(F)F)C2)c1. The Morgan fingerprint density at radius 3 is 2.58 bits per heavy atom. The molecule has 15 heteroatoms. The minimum absolute atomic E-state index is 0.0175. The van der Waals surface area contributed by atoms with Crippen LogP contribution in [0.1, 0.15) is 22.5 Å². The van der Waals surface area contributed by atoms with Gasteiger partial charge in [0.1, 0.15) is 16.1 Å². The first-order chi connectivity index (χ1) is 19.0. The predicted molar refractivity (Wildman–Crippen MR) is 148 cm³/mol. The maximum Gasteiger partial charge on any atom is 0.390 e. The molecule has 3 heterocycles. The summed E-state index contributed by atoms with van der Waals surface area (Å²) in [5, 5.41) is 5.51. The maximum absolute atomic E-state index is 13.2. The zero-order chi connectivity index (χ0) is 28.5. The van der Waals surface area contributed by atoms with Crippen LogP contribution in [0, 0.1) is 6.92 Å². The van der Waals surface area contributed by atoms with Crippen molar-refractivity contribution in [1.82, 2.24) is 19.2 Å². The Morgan fingerprint density at radius 2 is 1.82 bits per heavy atom. The van der Waals surface area contributed by atoms with Crippen molar-refractivity contribution in [1.29, 1.82) is 0 Å². The fraction of sp³-hybridized carbons (Fsp3) is 0.280. The van der Waals surface area contributed by atoms with Gasteiger partial charge in [-0.25, -0.2) is 13.4 Å². The number of anilines is 4. The van der Waals surface area contributed by atoms with E-state index >= 15 is 0 Å². The van der Waals surface area contributed by atoms with Crippen molar-refractivity contribution in [2.45, 2.75) is 24.8 Å². The number of alkyl halides is 3. The van der Waals surface area contributed by atoms with E-state index in [1.165, 1.54) is 17.0 Å². The summed E-state index contributed by atoms with van der Waals surface area (Å²) < 4.78 is 69.4. The van der Waals surface area contributed by atoms with Crippen LogP contribution in [0.5, 0.6) is 0 Å². The molecule has 0 saturated carbocycles. The third-order valence-corrected chi connectivity index (χ3v) is 8.78. The van der Waals surface area contributed by atoms with E-state index in [9.17, 15) is 26.4 Å². The van der Waals surface area contributed by atoms with Gasteiger partial charge in [0.15, 0.2) is 0 Å². The smallest absolute Gasteiger partial charge is 0.329 e. The Labute approximate surface area is 231 Å². The van der Waals surface area contributed by atoms with Gasteiger partial charge < -0.3 is 15.5 Å². The highest BCUT2D eigenvalue weighted by Crippen LogP contribution is 2.30. The molecular weight excluding hydrogens is 567 g/mol. The van der Waals surface area contributed by atoms with Gasteiger partial charge in [-0.1, -0.05) is 18.2 Å². The number of carbonyl (C=O) groups excluding carboxylic acids is 1. The van der Waals surface area contributed by atoms with Gasteiger partial charge in [-0.2, -0.15) is 17.5 Å². The number of carbonyl (C=O) groups is 1. The molecule has 0 spiro atoms. The number of fused-ring (bicyclic) bond motifs is 1. The summed E-state index contributed by atoms with van der Waals surface area (Å²) >= 11 is 1.10. The number of nitrogens with zero attached hydrogens (tertiary/aromatic N) is 4. The molecule has 40 heavy (non-hydrogen) atoms. The highest BCUT2D eigenvalue weighted by Gasteiger charge is 2.39. The number of hydrogen-bond acceptors (Lipinski definition) is 9. The molecule has 3 N–H and O–H groups in total. The summed E-state index contributed by atoms with van der Waals surface area (Å²) in [6.45, 7) is 1.50. The van der Waals surface area contributed by atoms with E-state index in [0.717, 1.165) is 17.0 Å². The largest absolute Gasteiger partial charge is 0.390 e. The number of aromatic nitrogens is 3. The Balaban J connectivity index is 1.23. The van der Waals surface area contributed by atoms with Crippen LogP contribution in [-0.2, 0) is 10.0 Å². The first-order valence-electron chi connectivity index (χ1n) is 12.1. The number of aryl methyl sites for hydroxylation is 1. The monoisotopic (exact) mass is 591 g/mol. The summed E-state index contributed by atoms with van der Waals surface area (Å²) in [5.41, 5.74) is 2.78. The van der Waals surface area contributed by atoms with E-state index in [1.54, 1.807) is 25.3 Å². The van der Waals surface area contributed by atoms with Crippen LogP contribution >= 0.6 is 11.5 Å². The number of amides is 1. The predicted octanol–water partition coefficient (Wildman–Crippen LogP) is 4.77. The summed E-state index contributed by atoms with van der Waals surface area (Å²) in [6.07, 6.45) is -3.71. The lowest BCUT2D eigenvalue weighted by atomic mass is 10.2. The lowest BCUT2D eigenvalue weighted by Gasteiger charge is -2.38. The number of rotatable bonds is 9. The van der Waals surface area contributed by atoms with E-state index < -0.39 is 33.8 Å². The van der Waals surface area contributed by atoms with Crippen LogP contribution in [0.2, 0.25) is 0 Å². The lowest BCUT2D eigenvalue weighted by molar-refractivity contribution is -0.139. The molecule has 210 valence electrons. The summed E-state index contributed by atoms with van der Waals surface area (Å²) in [4.78, 5) is 23.5. The van der Waals surface area contributed by atoms with Crippen molar-refractivity contribution in [3.63, 3.8) is 0 Å². The number of para-hydroxylation sites is 2. The second-order valence-corrected chi connectivity index (χ2v) is 12.0. The molecule has 1 aliphatic heterocycles. The Morgan fingerprint density at radius 1 is 1.10 bits per heavy atom. The average molecular weight is 592 g/mol. The zero-order valence-corrected chi connectivity index (χ0v) is 22.7. The van der Waals surface area contributed by atoms with Gasteiger partial charge in [0.2, 0.25) is 10.0 Å². The second-order valence-electron chi connectivity index (χ2n) is 9.27. The van der Waals surface area contributed by atoms with Gasteiger partial charge in [-0.3, -0.25) is 14.5 Å². The van der Waals surface area contributed by atoms with E-state index in [1.807, 2.05) is 24.3 Å². The standard InChI is InChI=1S/C25H24F3N7O3S2/c1-15-22(24(39-33-15)32-21-12-29-19-7-2-3-8-20(19)31-21)23(36)30-16-5-4-6-17(11-16)34-40(37,38)18-13-35(14-18)10-9-25(26,27)28/h2-8,11-12,18,34H,9-10,13-14H2,1H3,(H,30,36)(H,31,32). The fourth-order valence-corrected chi connectivity index (χ4v) is 6.38. The van der Waals surface area contributed by atoms with E-state index in [-0.39, 0.29) is 25.3 Å². The van der Waals surface area contributed by atoms with Gasteiger partial charge in [0.25, 0.3) is 5.91 Å². The number of sulfonamides is 1. The molecule has 1 fully saturated rings. The minimum atomic E-state index is -4.29. The molecule has 1 saturated heterocycles. The van der Waals surface area contributed by atoms with Crippen LogP contribution < -0.4 is 15.4 Å². The minimum Gasteiger partial charge on any atom is -0.329 e. The maximum atomic E-state index is 13.2. The molecule has 10 nitrogen and oxygen atoms in total. The van der Waals surface area contributed by atoms with Crippen molar-refractivity contribution >= 4 is 60.7 Å². The van der Waals surface area contributed by atoms with Crippen LogP contribution in [0.4, 0.5) is 35.4 Å². The van der Waals surface area contributed by atoms with E-state index in [2.05, 4.69) is 29.7 Å². The van der Waals surface area contributed by atoms with Crippen molar-refractivity contribution < 1.29 is 26.4 Å². The quantitative estimate of drug-likeness (QED) is 0.254. The lowest BCUT2D eigenvalue weighted by Crippen LogP contribution is -2.56. The number of likely N-dealkylation sites (tertiary alicyclic amines) is 1. The molecule has 0 radical (unpaired) electrons. The Hall–Kier alpha value is -3.82. The van der Waals surface area contributed by atoms with Crippen LogP contribution in [0.3, 0.4) is 0 Å². The number of benzene rings is 2. The molecule has 0 atom stereocenters. The molecule has 5 rings (SSSR count). The summed E-state index contributed by atoms with van der Waals surface area (Å²) in [5.74, 6) is -0.0115. The zero-order valence-electron chi connectivity index (χ0n) is 21.1. The van der Waals surface area contributed by atoms with E-state index in [4.69, 9.17) is 0 Å². The third kappa shape index (κ3) is 6.48. The number of nitrogens with one attached hydrogen (secondary N) is 3.